The van der Waals surface area contributed by atoms with Gasteiger partial charge in [-0.25, -0.2) is 4.98 Å². The molecule has 12 nitrogen and oxygen atoms in total. The molecule has 0 radical (unpaired) electrons. The Morgan fingerprint density at radius 1 is 1.00 bits per heavy atom. The van der Waals surface area contributed by atoms with Crippen LogP contribution in [0.25, 0.3) is 22.6 Å². The van der Waals surface area contributed by atoms with Gasteiger partial charge in [0.05, 0.1) is 27.0 Å². The van der Waals surface area contributed by atoms with Crippen LogP contribution < -0.4 is 10.6 Å². The van der Waals surface area contributed by atoms with Crippen molar-refractivity contribution in [1.82, 2.24) is 10.3 Å². The standard InChI is InChI=1S/C23H17N5O7S/c1-11-5-18-20(6-12(11)2)35-22(25-18)17-9-14(3-4-19(17)29)24-23(36)26-21(30)13-7-15(27(31)32)10-16(8-13)28(33)34/h3-10,29H,1-2H3,(H2,24,26,30,36). The fourth-order valence-corrected chi connectivity index (χ4v) is 3.57. The number of aromatic nitrogens is 1. The molecule has 0 saturated heterocycles. The SMILES string of the molecule is Cc1cc2nc(-c3cc(NC(=S)NC(=O)c4cc([N+](=O)[O-])cc([N+](=O)[O-])c4)ccc3O)oc2cc1C. The number of carbonyl (C=O) groups excluding carboxylic acids is 1. The quantitative estimate of drug-likeness (QED) is 0.148. The summed E-state index contributed by atoms with van der Waals surface area (Å²) in [5.41, 5.74) is 2.35. The molecule has 13 heteroatoms. The lowest BCUT2D eigenvalue weighted by Gasteiger charge is -2.11. The number of anilines is 1. The second-order valence-corrected chi connectivity index (χ2v) is 8.22. The van der Waals surface area contributed by atoms with E-state index in [1.165, 1.54) is 18.2 Å². The van der Waals surface area contributed by atoms with Crippen LogP contribution in [-0.2, 0) is 0 Å². The van der Waals surface area contributed by atoms with E-state index in [9.17, 15) is 30.1 Å². The van der Waals surface area contributed by atoms with Crippen molar-refractivity contribution in [3.63, 3.8) is 0 Å². The van der Waals surface area contributed by atoms with Gasteiger partial charge in [-0.2, -0.15) is 0 Å². The van der Waals surface area contributed by atoms with E-state index in [1.54, 1.807) is 0 Å². The number of aromatic hydroxyl groups is 1. The number of thiocarbonyl (C=S) groups is 1. The number of rotatable bonds is 5. The Morgan fingerprint density at radius 3 is 2.28 bits per heavy atom. The molecule has 182 valence electrons. The predicted octanol–water partition coefficient (Wildman–Crippen LogP) is 4.76. The molecule has 3 N–H and O–H groups in total. The lowest BCUT2D eigenvalue weighted by molar-refractivity contribution is -0.394. The molecule has 4 aromatic rings. The average Bonchev–Trinajstić information content (AvgIpc) is 3.22. The van der Waals surface area contributed by atoms with E-state index >= 15 is 0 Å². The molecule has 4 rings (SSSR count). The Kier molecular flexibility index (Phi) is 6.31. The third-order valence-electron chi connectivity index (χ3n) is 5.30. The van der Waals surface area contributed by atoms with Gasteiger partial charge >= 0.3 is 0 Å². The lowest BCUT2D eigenvalue weighted by Crippen LogP contribution is -2.34. The van der Waals surface area contributed by atoms with Crippen LogP contribution in [0.5, 0.6) is 5.75 Å². The maximum Gasteiger partial charge on any atom is 0.277 e. The molecule has 1 aromatic heterocycles. The number of phenolic OH excluding ortho intramolecular Hbond substituents is 1. The average molecular weight is 507 g/mol. The Morgan fingerprint density at radius 2 is 1.64 bits per heavy atom. The summed E-state index contributed by atoms with van der Waals surface area (Å²) in [7, 11) is 0. The van der Waals surface area contributed by atoms with Gasteiger partial charge in [-0.15, -0.1) is 0 Å². The summed E-state index contributed by atoms with van der Waals surface area (Å²) in [5.74, 6) is -0.808. The summed E-state index contributed by atoms with van der Waals surface area (Å²) in [6, 6.07) is 10.7. The molecule has 0 bridgehead atoms. The van der Waals surface area contributed by atoms with Crippen molar-refractivity contribution >= 4 is 51.4 Å². The van der Waals surface area contributed by atoms with Crippen molar-refractivity contribution < 1.29 is 24.2 Å². The summed E-state index contributed by atoms with van der Waals surface area (Å²) in [6.45, 7) is 3.90. The van der Waals surface area contributed by atoms with Crippen molar-refractivity contribution in [2.24, 2.45) is 0 Å². The first kappa shape index (κ1) is 24.2. The topological polar surface area (TPSA) is 174 Å². The molecule has 1 amide bonds. The van der Waals surface area contributed by atoms with E-state index in [0.717, 1.165) is 29.3 Å². The summed E-state index contributed by atoms with van der Waals surface area (Å²) >= 11 is 5.14. The summed E-state index contributed by atoms with van der Waals surface area (Å²) in [6.07, 6.45) is 0. The smallest absolute Gasteiger partial charge is 0.277 e. The highest BCUT2D eigenvalue weighted by molar-refractivity contribution is 7.80. The number of phenols is 1. The number of non-ortho nitro benzene ring substituents is 2. The van der Waals surface area contributed by atoms with Gasteiger partial charge < -0.3 is 14.8 Å². The predicted molar refractivity (Wildman–Crippen MR) is 134 cm³/mol. The molecule has 1 heterocycles. The Bertz CT molecular complexity index is 1510. The fourth-order valence-electron chi connectivity index (χ4n) is 3.35. The maximum atomic E-state index is 12.5. The Hall–Kier alpha value is -4.91. The van der Waals surface area contributed by atoms with Crippen molar-refractivity contribution in [1.29, 1.82) is 0 Å². The molecule has 0 aliphatic rings. The second-order valence-electron chi connectivity index (χ2n) is 7.82. The molecule has 0 spiro atoms. The third kappa shape index (κ3) is 4.95. The first-order chi connectivity index (χ1) is 17.0. The number of nitro benzene ring substituents is 2. The van der Waals surface area contributed by atoms with Crippen molar-refractivity contribution in [2.45, 2.75) is 13.8 Å². The maximum absolute atomic E-state index is 12.5. The largest absolute Gasteiger partial charge is 0.507 e. The van der Waals surface area contributed by atoms with E-state index in [1.807, 2.05) is 26.0 Å². The Labute approximate surface area is 207 Å². The molecular weight excluding hydrogens is 490 g/mol. The number of oxazole rings is 1. The Balaban J connectivity index is 1.55. The summed E-state index contributed by atoms with van der Waals surface area (Å²) in [5, 5.41) is 37.4. The number of aryl methyl sites for hydroxylation is 2. The van der Waals surface area contributed by atoms with E-state index in [-0.39, 0.29) is 27.9 Å². The second kappa shape index (κ2) is 9.38. The van der Waals surface area contributed by atoms with E-state index in [0.29, 0.717) is 16.8 Å². The fraction of sp³-hybridized carbons (Fsp3) is 0.0870. The van der Waals surface area contributed by atoms with Gasteiger partial charge in [0.2, 0.25) is 5.89 Å². The molecule has 0 aliphatic carbocycles. The number of nitrogens with one attached hydrogen (secondary N) is 2. The number of amides is 1. The highest BCUT2D eigenvalue weighted by atomic mass is 32.1. The van der Waals surface area contributed by atoms with Gasteiger partial charge in [0.25, 0.3) is 17.3 Å². The zero-order valence-corrected chi connectivity index (χ0v) is 19.6. The molecule has 3 aromatic carbocycles. The van der Waals surface area contributed by atoms with Gasteiger partial charge in [-0.3, -0.25) is 30.3 Å². The van der Waals surface area contributed by atoms with Gasteiger partial charge in [-0.05, 0) is 67.5 Å². The highest BCUT2D eigenvalue weighted by Gasteiger charge is 2.21. The minimum absolute atomic E-state index is 0.0978. The molecule has 0 fully saturated rings. The minimum atomic E-state index is -0.886. The van der Waals surface area contributed by atoms with E-state index in [4.69, 9.17) is 16.6 Å². The lowest BCUT2D eigenvalue weighted by atomic mass is 10.1. The van der Waals surface area contributed by atoms with Crippen LogP contribution in [0.2, 0.25) is 0 Å². The molecule has 36 heavy (non-hydrogen) atoms. The van der Waals surface area contributed by atoms with Gasteiger partial charge in [0.1, 0.15) is 11.3 Å². The van der Waals surface area contributed by atoms with Crippen LogP contribution in [0.3, 0.4) is 0 Å². The normalized spacial score (nSPS) is 10.7. The molecule has 0 aliphatic heterocycles. The van der Waals surface area contributed by atoms with Crippen molar-refractivity contribution in [3.8, 4) is 17.2 Å². The third-order valence-corrected chi connectivity index (χ3v) is 5.51. The number of carbonyl (C=O) groups is 1. The number of hydrogen-bond acceptors (Lipinski definition) is 9. The number of nitro groups is 2. The van der Waals surface area contributed by atoms with E-state index < -0.39 is 27.1 Å². The zero-order chi connectivity index (χ0) is 26.1. The zero-order valence-electron chi connectivity index (χ0n) is 18.8. The number of hydrogen-bond donors (Lipinski definition) is 3. The number of fused-ring (bicyclic) bond motifs is 1. The van der Waals surface area contributed by atoms with Crippen LogP contribution in [0.1, 0.15) is 21.5 Å². The van der Waals surface area contributed by atoms with Gasteiger partial charge in [-0.1, -0.05) is 0 Å². The molecule has 0 saturated carbocycles. The van der Waals surface area contributed by atoms with Crippen LogP contribution in [0, 0.1) is 34.1 Å². The monoisotopic (exact) mass is 507 g/mol. The van der Waals surface area contributed by atoms with Crippen LogP contribution in [0.4, 0.5) is 17.1 Å². The van der Waals surface area contributed by atoms with Crippen molar-refractivity contribution in [3.05, 3.63) is 85.4 Å². The van der Waals surface area contributed by atoms with Gasteiger partial charge in [0.15, 0.2) is 10.7 Å². The molecule has 0 atom stereocenters. The van der Waals surface area contributed by atoms with Crippen LogP contribution in [-0.4, -0.2) is 31.0 Å². The molecular formula is C23H17N5O7S. The summed E-state index contributed by atoms with van der Waals surface area (Å²) in [4.78, 5) is 37.4. The number of benzene rings is 3. The van der Waals surface area contributed by atoms with E-state index in [2.05, 4.69) is 15.6 Å². The van der Waals surface area contributed by atoms with Crippen LogP contribution in [0.15, 0.2) is 52.9 Å². The van der Waals surface area contributed by atoms with Crippen molar-refractivity contribution in [2.75, 3.05) is 5.32 Å². The molecule has 0 unspecified atom stereocenters. The first-order valence-corrected chi connectivity index (χ1v) is 10.7. The minimum Gasteiger partial charge on any atom is -0.507 e. The van der Waals surface area contributed by atoms with Crippen LogP contribution >= 0.6 is 12.2 Å². The first-order valence-electron chi connectivity index (χ1n) is 10.3. The van der Waals surface area contributed by atoms with Gasteiger partial charge in [0, 0.05) is 17.8 Å². The summed E-state index contributed by atoms with van der Waals surface area (Å²) < 4.78 is 5.80. The number of nitrogens with zero attached hydrogens (tertiary/aromatic N) is 3. The highest BCUT2D eigenvalue weighted by Crippen LogP contribution is 2.34.